The lowest BCUT2D eigenvalue weighted by Gasteiger charge is -2.31. The SMILES string of the molecule is CCC(C(=O)NC1CCCC1)N(Cc1cccc(C)c1)C(=O)CSCc1ccccc1Cl. The van der Waals surface area contributed by atoms with Gasteiger partial charge in [-0.15, -0.1) is 11.8 Å². The average molecular weight is 473 g/mol. The van der Waals surface area contributed by atoms with E-state index < -0.39 is 6.04 Å². The summed E-state index contributed by atoms with van der Waals surface area (Å²) in [6, 6.07) is 15.6. The highest BCUT2D eigenvalue weighted by Crippen LogP contribution is 2.23. The number of nitrogens with one attached hydrogen (secondary N) is 1. The number of amides is 2. The van der Waals surface area contributed by atoms with Crippen molar-refractivity contribution in [3.63, 3.8) is 0 Å². The largest absolute Gasteiger partial charge is 0.352 e. The van der Waals surface area contributed by atoms with Crippen LogP contribution in [-0.2, 0) is 21.9 Å². The smallest absolute Gasteiger partial charge is 0.243 e. The van der Waals surface area contributed by atoms with Crippen LogP contribution in [0.5, 0.6) is 0 Å². The van der Waals surface area contributed by atoms with Gasteiger partial charge >= 0.3 is 0 Å². The van der Waals surface area contributed by atoms with Crippen LogP contribution in [0.25, 0.3) is 0 Å². The van der Waals surface area contributed by atoms with Crippen molar-refractivity contribution in [3.05, 3.63) is 70.2 Å². The fraction of sp³-hybridized carbons (Fsp3) is 0.462. The van der Waals surface area contributed by atoms with Crippen LogP contribution in [0.15, 0.2) is 48.5 Å². The lowest BCUT2D eigenvalue weighted by atomic mass is 10.1. The normalized spacial score (nSPS) is 14.8. The van der Waals surface area contributed by atoms with Gasteiger partial charge in [-0.25, -0.2) is 0 Å². The van der Waals surface area contributed by atoms with Crippen molar-refractivity contribution in [1.29, 1.82) is 0 Å². The Hall–Kier alpha value is -1.98. The van der Waals surface area contributed by atoms with E-state index in [4.69, 9.17) is 11.6 Å². The molecule has 2 aromatic rings. The van der Waals surface area contributed by atoms with Crippen LogP contribution in [0.2, 0.25) is 5.02 Å². The summed E-state index contributed by atoms with van der Waals surface area (Å²) in [5.74, 6) is 0.924. The molecule has 1 saturated carbocycles. The minimum absolute atomic E-state index is 0.0167. The molecule has 1 unspecified atom stereocenters. The molecule has 1 N–H and O–H groups in total. The molecule has 1 aliphatic rings. The predicted molar refractivity (Wildman–Crippen MR) is 134 cm³/mol. The maximum absolute atomic E-state index is 13.3. The van der Waals surface area contributed by atoms with Crippen molar-refractivity contribution in [2.45, 2.75) is 70.3 Å². The van der Waals surface area contributed by atoms with Crippen LogP contribution < -0.4 is 5.32 Å². The van der Waals surface area contributed by atoms with Crippen molar-refractivity contribution in [3.8, 4) is 0 Å². The molecule has 0 heterocycles. The minimum atomic E-state index is -0.468. The molecule has 1 aliphatic carbocycles. The lowest BCUT2D eigenvalue weighted by Crippen LogP contribution is -2.51. The summed E-state index contributed by atoms with van der Waals surface area (Å²) in [5, 5.41) is 3.91. The molecule has 0 aliphatic heterocycles. The number of carbonyl (C=O) groups is 2. The van der Waals surface area contributed by atoms with Crippen LogP contribution in [0.4, 0.5) is 0 Å². The van der Waals surface area contributed by atoms with Crippen LogP contribution in [-0.4, -0.2) is 34.6 Å². The number of rotatable bonds is 10. The van der Waals surface area contributed by atoms with Gasteiger partial charge in [-0.2, -0.15) is 0 Å². The third-order valence-electron chi connectivity index (χ3n) is 5.96. The zero-order chi connectivity index (χ0) is 22.9. The number of carbonyl (C=O) groups excluding carboxylic acids is 2. The van der Waals surface area contributed by atoms with E-state index in [-0.39, 0.29) is 17.9 Å². The molecule has 0 saturated heterocycles. The molecule has 4 nitrogen and oxygen atoms in total. The van der Waals surface area contributed by atoms with Crippen molar-refractivity contribution in [1.82, 2.24) is 10.2 Å². The van der Waals surface area contributed by atoms with Gasteiger partial charge in [0.15, 0.2) is 0 Å². The molecule has 1 fully saturated rings. The number of hydrogen-bond donors (Lipinski definition) is 1. The van der Waals surface area contributed by atoms with Gasteiger partial charge in [0.25, 0.3) is 0 Å². The Morgan fingerprint density at radius 2 is 1.91 bits per heavy atom. The molecule has 172 valence electrons. The van der Waals surface area contributed by atoms with Gasteiger partial charge in [-0.05, 0) is 43.4 Å². The zero-order valence-corrected chi connectivity index (χ0v) is 20.6. The molecule has 32 heavy (non-hydrogen) atoms. The fourth-order valence-electron chi connectivity index (χ4n) is 4.24. The van der Waals surface area contributed by atoms with E-state index in [0.717, 1.165) is 42.4 Å². The first-order chi connectivity index (χ1) is 15.5. The molecule has 0 aromatic heterocycles. The second kappa shape index (κ2) is 12.3. The Morgan fingerprint density at radius 1 is 1.16 bits per heavy atom. The number of hydrogen-bond acceptors (Lipinski definition) is 3. The van der Waals surface area contributed by atoms with Crippen LogP contribution >= 0.6 is 23.4 Å². The molecular weight excluding hydrogens is 440 g/mol. The monoisotopic (exact) mass is 472 g/mol. The van der Waals surface area contributed by atoms with Crippen LogP contribution in [0.3, 0.4) is 0 Å². The summed E-state index contributed by atoms with van der Waals surface area (Å²) in [4.78, 5) is 28.2. The third-order valence-corrected chi connectivity index (χ3v) is 7.30. The van der Waals surface area contributed by atoms with E-state index in [1.54, 1.807) is 4.90 Å². The van der Waals surface area contributed by atoms with Gasteiger partial charge < -0.3 is 10.2 Å². The summed E-state index contributed by atoms with van der Waals surface area (Å²) in [7, 11) is 0. The van der Waals surface area contributed by atoms with E-state index in [1.807, 2.05) is 56.3 Å². The Labute approximate surface area is 201 Å². The van der Waals surface area contributed by atoms with E-state index in [0.29, 0.717) is 29.5 Å². The lowest BCUT2D eigenvalue weighted by molar-refractivity contribution is -0.139. The fourth-order valence-corrected chi connectivity index (χ4v) is 5.44. The highest BCUT2D eigenvalue weighted by atomic mass is 35.5. The second-order valence-corrected chi connectivity index (χ2v) is 9.90. The number of halogens is 1. The zero-order valence-electron chi connectivity index (χ0n) is 19.0. The standard InChI is InChI=1S/C26H33ClN2O2S/c1-3-24(26(31)28-22-12-5-6-13-22)29(16-20-10-8-9-19(2)15-20)25(30)18-32-17-21-11-4-7-14-23(21)27/h4,7-11,14-15,22,24H,3,5-6,12-13,16-18H2,1-2H3,(H,28,31). The predicted octanol–water partition coefficient (Wildman–Crippen LogP) is 5.75. The van der Waals surface area contributed by atoms with Gasteiger partial charge in [0, 0.05) is 23.4 Å². The van der Waals surface area contributed by atoms with Crippen molar-refractivity contribution in [2.75, 3.05) is 5.75 Å². The molecule has 0 spiro atoms. The number of nitrogens with zero attached hydrogens (tertiary/aromatic N) is 1. The van der Waals surface area contributed by atoms with E-state index in [9.17, 15) is 9.59 Å². The Morgan fingerprint density at radius 3 is 2.59 bits per heavy atom. The Balaban J connectivity index is 1.71. The van der Waals surface area contributed by atoms with Crippen LogP contribution in [0.1, 0.15) is 55.7 Å². The van der Waals surface area contributed by atoms with Crippen molar-refractivity contribution >= 4 is 35.2 Å². The average Bonchev–Trinajstić information content (AvgIpc) is 3.28. The summed E-state index contributed by atoms with van der Waals surface area (Å²) in [6.45, 7) is 4.45. The first-order valence-electron chi connectivity index (χ1n) is 11.4. The number of benzene rings is 2. The van der Waals surface area contributed by atoms with Gasteiger partial charge in [0.2, 0.25) is 11.8 Å². The summed E-state index contributed by atoms with van der Waals surface area (Å²) < 4.78 is 0. The molecule has 2 amide bonds. The Bertz CT molecular complexity index is 914. The van der Waals surface area contributed by atoms with E-state index in [2.05, 4.69) is 11.4 Å². The quantitative estimate of drug-likeness (QED) is 0.479. The molecule has 0 bridgehead atoms. The summed E-state index contributed by atoms with van der Waals surface area (Å²) in [6.07, 6.45) is 4.97. The third kappa shape index (κ3) is 7.01. The van der Waals surface area contributed by atoms with E-state index in [1.165, 1.54) is 11.8 Å². The molecule has 2 aromatic carbocycles. The maximum atomic E-state index is 13.3. The highest BCUT2D eigenvalue weighted by Gasteiger charge is 2.30. The van der Waals surface area contributed by atoms with Gasteiger partial charge in [-0.1, -0.05) is 79.4 Å². The molecular formula is C26H33ClN2O2S. The number of thioether (sulfide) groups is 1. The molecule has 3 rings (SSSR count). The van der Waals surface area contributed by atoms with Gasteiger partial charge in [0.05, 0.1) is 5.75 Å². The molecule has 6 heteroatoms. The summed E-state index contributed by atoms with van der Waals surface area (Å²) >= 11 is 7.79. The van der Waals surface area contributed by atoms with Gasteiger partial charge in [0.1, 0.15) is 6.04 Å². The summed E-state index contributed by atoms with van der Waals surface area (Å²) in [5.41, 5.74) is 3.20. The van der Waals surface area contributed by atoms with Crippen molar-refractivity contribution in [2.24, 2.45) is 0 Å². The Kier molecular flexibility index (Phi) is 9.49. The topological polar surface area (TPSA) is 49.4 Å². The van der Waals surface area contributed by atoms with Gasteiger partial charge in [-0.3, -0.25) is 9.59 Å². The van der Waals surface area contributed by atoms with E-state index >= 15 is 0 Å². The first-order valence-corrected chi connectivity index (χ1v) is 13.0. The van der Waals surface area contributed by atoms with Crippen LogP contribution in [0, 0.1) is 6.92 Å². The first kappa shape index (κ1) is 24.7. The second-order valence-electron chi connectivity index (χ2n) is 8.51. The maximum Gasteiger partial charge on any atom is 0.243 e. The van der Waals surface area contributed by atoms with Crippen molar-refractivity contribution < 1.29 is 9.59 Å². The highest BCUT2D eigenvalue weighted by molar-refractivity contribution is 7.99. The minimum Gasteiger partial charge on any atom is -0.352 e. The molecule has 1 atom stereocenters. The number of aryl methyl sites for hydroxylation is 1. The molecule has 0 radical (unpaired) electrons.